The molecule has 0 aliphatic rings. The number of hydrogen-bond donors (Lipinski definition) is 0. The van der Waals surface area contributed by atoms with Gasteiger partial charge in [-0.05, 0) is 95.1 Å². The quantitative estimate of drug-likeness (QED) is 0.170. The molecule has 0 bridgehead atoms. The molecule has 0 aliphatic carbocycles. The monoisotopic (exact) mass is 742 g/mol. The van der Waals surface area contributed by atoms with Crippen molar-refractivity contribution in [1.82, 2.24) is 4.57 Å². The molecule has 0 spiro atoms. The van der Waals surface area contributed by atoms with Gasteiger partial charge in [-0.25, -0.2) is 0 Å². The first kappa shape index (κ1) is 32.4. The van der Waals surface area contributed by atoms with Gasteiger partial charge in [0.2, 0.25) is 0 Å². The summed E-state index contributed by atoms with van der Waals surface area (Å²) in [7, 11) is 0. The molecule has 4 nitrogen and oxygen atoms in total. The molecule has 0 unspecified atom stereocenters. The summed E-state index contributed by atoms with van der Waals surface area (Å²) in [6.07, 6.45) is 0. The highest BCUT2D eigenvalue weighted by Crippen LogP contribution is 2.45. The average Bonchev–Trinajstić information content (AvgIpc) is 3.96. The largest absolute Gasteiger partial charge is 0.456 e. The van der Waals surface area contributed by atoms with E-state index in [4.69, 9.17) is 8.83 Å². The minimum absolute atomic E-state index is 0.829. The first-order valence-electron chi connectivity index (χ1n) is 19.7. The normalized spacial score (nSPS) is 11.8. The van der Waals surface area contributed by atoms with Crippen LogP contribution in [-0.2, 0) is 0 Å². The van der Waals surface area contributed by atoms with Gasteiger partial charge in [0, 0.05) is 49.8 Å². The number of benzene rings is 9. The molecule has 0 amide bonds. The van der Waals surface area contributed by atoms with E-state index in [-0.39, 0.29) is 0 Å². The van der Waals surface area contributed by atoms with Crippen molar-refractivity contribution >= 4 is 82.7 Å². The van der Waals surface area contributed by atoms with Crippen LogP contribution in [0.4, 0.5) is 17.1 Å². The summed E-state index contributed by atoms with van der Waals surface area (Å²) >= 11 is 0. The van der Waals surface area contributed by atoms with Gasteiger partial charge < -0.3 is 18.3 Å². The van der Waals surface area contributed by atoms with Crippen molar-refractivity contribution in [1.29, 1.82) is 0 Å². The van der Waals surface area contributed by atoms with E-state index in [1.54, 1.807) is 0 Å². The Bertz CT molecular complexity index is 3500. The molecule has 0 saturated heterocycles. The molecule has 0 N–H and O–H groups in total. The summed E-state index contributed by atoms with van der Waals surface area (Å²) in [5, 5.41) is 6.84. The Kier molecular flexibility index (Phi) is 7.20. The van der Waals surface area contributed by atoms with E-state index in [1.807, 2.05) is 12.1 Å². The summed E-state index contributed by atoms with van der Waals surface area (Å²) in [4.78, 5) is 2.29. The van der Waals surface area contributed by atoms with Crippen LogP contribution in [-0.4, -0.2) is 4.57 Å². The maximum absolute atomic E-state index is 6.77. The third-order valence-electron chi connectivity index (χ3n) is 11.6. The first-order chi connectivity index (χ1) is 28.7. The van der Waals surface area contributed by atoms with Crippen molar-refractivity contribution in [2.45, 2.75) is 0 Å². The predicted molar refractivity (Wildman–Crippen MR) is 241 cm³/mol. The van der Waals surface area contributed by atoms with Crippen molar-refractivity contribution < 1.29 is 8.83 Å². The van der Waals surface area contributed by atoms with Crippen molar-refractivity contribution in [2.24, 2.45) is 0 Å². The van der Waals surface area contributed by atoms with Crippen LogP contribution in [0.1, 0.15) is 0 Å². The fraction of sp³-hybridized carbons (Fsp3) is 0. The Morgan fingerprint density at radius 3 is 1.79 bits per heavy atom. The lowest BCUT2D eigenvalue weighted by Crippen LogP contribution is -2.10. The van der Waals surface area contributed by atoms with Crippen LogP contribution in [0.25, 0.3) is 93.6 Å². The average molecular weight is 743 g/mol. The smallest absolute Gasteiger partial charge is 0.159 e. The number of furan rings is 2. The van der Waals surface area contributed by atoms with Crippen molar-refractivity contribution in [2.75, 3.05) is 4.90 Å². The summed E-state index contributed by atoms with van der Waals surface area (Å²) < 4.78 is 15.6. The lowest BCUT2D eigenvalue weighted by atomic mass is 10.0. The molecule has 272 valence electrons. The number of fused-ring (bicyclic) bond motifs is 9. The van der Waals surface area contributed by atoms with E-state index < -0.39 is 0 Å². The van der Waals surface area contributed by atoms with E-state index in [0.717, 1.165) is 83.3 Å². The minimum atomic E-state index is 0.829. The predicted octanol–water partition coefficient (Wildman–Crippen LogP) is 15.4. The standard InChI is InChI=1S/C54H34N2O2/c1-3-12-35(13-4-1)37-25-31-52-47(32-37)46-18-11-20-49(54(46)58-52)55(41-28-30-45-44-17-8-10-21-51(44)57-53(45)34-41)40-26-22-36(23-27-40)38-24-29-43-42-16-7-9-19-48(42)56(50(43)33-38)39-14-5-2-6-15-39/h1-34H. The zero-order valence-corrected chi connectivity index (χ0v) is 31.3. The second kappa shape index (κ2) is 12.9. The minimum Gasteiger partial charge on any atom is -0.456 e. The third kappa shape index (κ3) is 5.09. The lowest BCUT2D eigenvalue weighted by Gasteiger charge is -2.25. The molecule has 0 aliphatic heterocycles. The van der Waals surface area contributed by atoms with Crippen LogP contribution >= 0.6 is 0 Å². The maximum Gasteiger partial charge on any atom is 0.159 e. The van der Waals surface area contributed by atoms with Crippen LogP contribution in [0.3, 0.4) is 0 Å². The van der Waals surface area contributed by atoms with Crippen LogP contribution in [0.5, 0.6) is 0 Å². The van der Waals surface area contributed by atoms with Crippen LogP contribution in [0, 0.1) is 0 Å². The van der Waals surface area contributed by atoms with E-state index in [9.17, 15) is 0 Å². The molecule has 0 fully saturated rings. The van der Waals surface area contributed by atoms with Crippen LogP contribution in [0.15, 0.2) is 215 Å². The zero-order valence-electron chi connectivity index (χ0n) is 31.3. The molecular formula is C54H34N2O2. The second-order valence-electron chi connectivity index (χ2n) is 14.9. The van der Waals surface area contributed by atoms with E-state index in [2.05, 4.69) is 204 Å². The highest BCUT2D eigenvalue weighted by atomic mass is 16.3. The molecular weight excluding hydrogens is 709 g/mol. The number of nitrogens with zero attached hydrogens (tertiary/aromatic N) is 2. The molecule has 0 atom stereocenters. The van der Waals surface area contributed by atoms with Crippen molar-refractivity contribution in [3.63, 3.8) is 0 Å². The maximum atomic E-state index is 6.77. The molecule has 9 aromatic carbocycles. The Morgan fingerprint density at radius 2 is 0.931 bits per heavy atom. The van der Waals surface area contributed by atoms with E-state index in [0.29, 0.717) is 0 Å². The second-order valence-corrected chi connectivity index (χ2v) is 14.9. The number of para-hydroxylation sites is 4. The molecule has 0 saturated carbocycles. The summed E-state index contributed by atoms with van der Waals surface area (Å²) in [6.45, 7) is 0. The van der Waals surface area contributed by atoms with Gasteiger partial charge in [0.15, 0.2) is 5.58 Å². The Labute approximate surface area is 334 Å². The number of aromatic nitrogens is 1. The van der Waals surface area contributed by atoms with Gasteiger partial charge >= 0.3 is 0 Å². The van der Waals surface area contributed by atoms with Gasteiger partial charge in [0.25, 0.3) is 0 Å². The van der Waals surface area contributed by atoms with Crippen LogP contribution in [0.2, 0.25) is 0 Å². The highest BCUT2D eigenvalue weighted by molar-refractivity contribution is 6.13. The lowest BCUT2D eigenvalue weighted by molar-refractivity contribution is 0.667. The van der Waals surface area contributed by atoms with Gasteiger partial charge in [-0.1, -0.05) is 127 Å². The number of hydrogen-bond acceptors (Lipinski definition) is 3. The van der Waals surface area contributed by atoms with Crippen molar-refractivity contribution in [3.05, 3.63) is 206 Å². The summed E-state index contributed by atoms with van der Waals surface area (Å²) in [5.41, 5.74) is 14.5. The van der Waals surface area contributed by atoms with Gasteiger partial charge in [-0.15, -0.1) is 0 Å². The Morgan fingerprint density at radius 1 is 0.328 bits per heavy atom. The molecule has 12 rings (SSSR count). The van der Waals surface area contributed by atoms with Gasteiger partial charge in [-0.2, -0.15) is 0 Å². The SMILES string of the molecule is c1ccc(-c2ccc3oc4c(N(c5ccc(-c6ccc7c8ccccc8n(-c8ccccc8)c7c6)cc5)c5ccc6c(c5)oc5ccccc56)cccc4c3c2)cc1. The molecule has 3 heterocycles. The van der Waals surface area contributed by atoms with Gasteiger partial charge in [-0.3, -0.25) is 0 Å². The number of rotatable bonds is 6. The third-order valence-corrected chi connectivity index (χ3v) is 11.6. The van der Waals surface area contributed by atoms with Crippen LogP contribution < -0.4 is 4.90 Å². The fourth-order valence-corrected chi connectivity index (χ4v) is 8.86. The van der Waals surface area contributed by atoms with Crippen molar-refractivity contribution in [3.8, 4) is 27.9 Å². The fourth-order valence-electron chi connectivity index (χ4n) is 8.86. The molecule has 0 radical (unpaired) electrons. The van der Waals surface area contributed by atoms with Gasteiger partial charge in [0.05, 0.1) is 22.4 Å². The van der Waals surface area contributed by atoms with Gasteiger partial charge in [0.1, 0.15) is 16.7 Å². The topological polar surface area (TPSA) is 34.5 Å². The molecule has 3 aromatic heterocycles. The first-order valence-corrected chi connectivity index (χ1v) is 19.7. The Hall–Kier alpha value is -7.82. The summed E-state index contributed by atoms with van der Waals surface area (Å²) in [5.74, 6) is 0. The molecule has 4 heteroatoms. The highest BCUT2D eigenvalue weighted by Gasteiger charge is 2.21. The summed E-state index contributed by atoms with van der Waals surface area (Å²) in [6, 6.07) is 73.1. The number of anilines is 3. The molecule has 58 heavy (non-hydrogen) atoms. The van der Waals surface area contributed by atoms with E-state index in [1.165, 1.54) is 27.4 Å². The zero-order chi connectivity index (χ0) is 38.2. The Balaban J connectivity index is 1.02. The molecule has 12 aromatic rings. The van der Waals surface area contributed by atoms with E-state index >= 15 is 0 Å².